The van der Waals surface area contributed by atoms with Gasteiger partial charge in [-0.05, 0) is 30.3 Å². The van der Waals surface area contributed by atoms with Gasteiger partial charge < -0.3 is 14.8 Å². The Morgan fingerprint density at radius 3 is 2.75 bits per heavy atom. The maximum absolute atomic E-state index is 11.5. The van der Waals surface area contributed by atoms with Gasteiger partial charge in [0.1, 0.15) is 11.6 Å². The van der Waals surface area contributed by atoms with Gasteiger partial charge in [0.05, 0.1) is 25.5 Å². The largest absolute Gasteiger partial charge is 0.495 e. The van der Waals surface area contributed by atoms with E-state index in [1.165, 1.54) is 13.3 Å². The van der Waals surface area contributed by atoms with E-state index in [0.29, 0.717) is 27.8 Å². The van der Waals surface area contributed by atoms with Gasteiger partial charge in [0, 0.05) is 11.2 Å². The predicted octanol–water partition coefficient (Wildman–Crippen LogP) is 3.27. The van der Waals surface area contributed by atoms with Gasteiger partial charge in [-0.3, -0.25) is 0 Å². The molecule has 5 nitrogen and oxygen atoms in total. The SMILES string of the molecule is COC(=O)c1ccnc(Nc2cc(Cl)ccc2OC)c1. The van der Waals surface area contributed by atoms with E-state index in [1.54, 1.807) is 37.4 Å². The summed E-state index contributed by atoms with van der Waals surface area (Å²) in [6.45, 7) is 0. The lowest BCUT2D eigenvalue weighted by Crippen LogP contribution is -2.03. The van der Waals surface area contributed by atoms with Crippen molar-refractivity contribution in [3.63, 3.8) is 0 Å². The summed E-state index contributed by atoms with van der Waals surface area (Å²) in [6.07, 6.45) is 1.52. The lowest BCUT2D eigenvalue weighted by atomic mass is 10.2. The first-order valence-electron chi connectivity index (χ1n) is 5.79. The first-order chi connectivity index (χ1) is 9.63. The summed E-state index contributed by atoms with van der Waals surface area (Å²) in [5, 5.41) is 3.62. The molecule has 2 rings (SSSR count). The van der Waals surface area contributed by atoms with Crippen molar-refractivity contribution >= 4 is 29.1 Å². The van der Waals surface area contributed by atoms with Crippen LogP contribution >= 0.6 is 11.6 Å². The zero-order chi connectivity index (χ0) is 14.5. The smallest absolute Gasteiger partial charge is 0.338 e. The van der Waals surface area contributed by atoms with Crippen LogP contribution in [0.4, 0.5) is 11.5 Å². The Hall–Kier alpha value is -2.27. The van der Waals surface area contributed by atoms with E-state index in [2.05, 4.69) is 15.0 Å². The number of rotatable bonds is 4. The fraction of sp³-hybridized carbons (Fsp3) is 0.143. The van der Waals surface area contributed by atoms with Crippen molar-refractivity contribution in [3.8, 4) is 5.75 Å². The second-order valence-electron chi connectivity index (χ2n) is 3.89. The van der Waals surface area contributed by atoms with Crippen molar-refractivity contribution in [2.75, 3.05) is 19.5 Å². The van der Waals surface area contributed by atoms with Crippen molar-refractivity contribution in [1.29, 1.82) is 0 Å². The minimum atomic E-state index is -0.423. The van der Waals surface area contributed by atoms with Crippen LogP contribution in [0.1, 0.15) is 10.4 Å². The predicted molar refractivity (Wildman–Crippen MR) is 76.9 cm³/mol. The number of ether oxygens (including phenoxy) is 2. The van der Waals surface area contributed by atoms with Crippen molar-refractivity contribution in [3.05, 3.63) is 47.1 Å². The molecule has 0 aliphatic heterocycles. The average molecular weight is 293 g/mol. The molecule has 1 heterocycles. The van der Waals surface area contributed by atoms with Crippen LogP contribution in [0.3, 0.4) is 0 Å². The number of benzene rings is 1. The molecule has 6 heteroatoms. The standard InChI is InChI=1S/C14H13ClN2O3/c1-19-12-4-3-10(15)8-11(12)17-13-7-9(5-6-16-13)14(18)20-2/h3-8H,1-2H3,(H,16,17). The van der Waals surface area contributed by atoms with Crippen molar-refractivity contribution in [2.24, 2.45) is 0 Å². The molecule has 1 aromatic heterocycles. The number of aromatic nitrogens is 1. The van der Waals surface area contributed by atoms with E-state index in [0.717, 1.165) is 0 Å². The maximum Gasteiger partial charge on any atom is 0.338 e. The molecule has 20 heavy (non-hydrogen) atoms. The number of halogens is 1. The molecule has 2 aromatic rings. The number of nitrogens with zero attached hydrogens (tertiary/aromatic N) is 1. The lowest BCUT2D eigenvalue weighted by Gasteiger charge is -2.11. The van der Waals surface area contributed by atoms with Gasteiger partial charge in [0.2, 0.25) is 0 Å². The number of carbonyl (C=O) groups excluding carboxylic acids is 1. The van der Waals surface area contributed by atoms with E-state index in [9.17, 15) is 4.79 Å². The van der Waals surface area contributed by atoms with Gasteiger partial charge in [-0.15, -0.1) is 0 Å². The van der Waals surface area contributed by atoms with E-state index < -0.39 is 5.97 Å². The van der Waals surface area contributed by atoms with Gasteiger partial charge in [-0.1, -0.05) is 11.6 Å². The number of hydrogen-bond donors (Lipinski definition) is 1. The molecule has 1 N–H and O–H groups in total. The molecule has 0 bridgehead atoms. The highest BCUT2D eigenvalue weighted by Gasteiger charge is 2.09. The van der Waals surface area contributed by atoms with E-state index in [1.807, 2.05) is 0 Å². The highest BCUT2D eigenvalue weighted by molar-refractivity contribution is 6.31. The molecule has 1 aromatic carbocycles. The van der Waals surface area contributed by atoms with Gasteiger partial charge >= 0.3 is 5.97 Å². The molecule has 0 atom stereocenters. The molecule has 0 radical (unpaired) electrons. The van der Waals surface area contributed by atoms with Crippen LogP contribution < -0.4 is 10.1 Å². The Labute approximate surface area is 121 Å². The van der Waals surface area contributed by atoms with Crippen LogP contribution in [-0.4, -0.2) is 25.2 Å². The normalized spacial score (nSPS) is 9.95. The molecule has 104 valence electrons. The summed E-state index contributed by atoms with van der Waals surface area (Å²) < 4.78 is 9.90. The summed E-state index contributed by atoms with van der Waals surface area (Å²) >= 11 is 5.95. The highest BCUT2D eigenvalue weighted by Crippen LogP contribution is 2.30. The number of methoxy groups -OCH3 is 2. The number of pyridine rings is 1. The number of hydrogen-bond acceptors (Lipinski definition) is 5. The topological polar surface area (TPSA) is 60.5 Å². The van der Waals surface area contributed by atoms with E-state index >= 15 is 0 Å². The van der Waals surface area contributed by atoms with Crippen molar-refractivity contribution < 1.29 is 14.3 Å². The zero-order valence-electron chi connectivity index (χ0n) is 11.0. The third-order valence-corrected chi connectivity index (χ3v) is 2.84. The Morgan fingerprint density at radius 1 is 1.25 bits per heavy atom. The summed E-state index contributed by atoms with van der Waals surface area (Å²) in [7, 11) is 2.89. The Balaban J connectivity index is 2.30. The lowest BCUT2D eigenvalue weighted by molar-refractivity contribution is 0.0600. The summed E-state index contributed by atoms with van der Waals surface area (Å²) in [4.78, 5) is 15.6. The quantitative estimate of drug-likeness (QED) is 0.876. The zero-order valence-corrected chi connectivity index (χ0v) is 11.8. The van der Waals surface area contributed by atoms with Crippen molar-refractivity contribution in [1.82, 2.24) is 4.98 Å². The van der Waals surface area contributed by atoms with Gasteiger partial charge in [-0.25, -0.2) is 9.78 Å². The summed E-state index contributed by atoms with van der Waals surface area (Å²) in [6, 6.07) is 8.35. The molecule has 0 saturated heterocycles. The molecular formula is C14H13ClN2O3. The van der Waals surface area contributed by atoms with Crippen LogP contribution in [-0.2, 0) is 4.74 Å². The summed E-state index contributed by atoms with van der Waals surface area (Å²) in [5.74, 6) is 0.696. The summed E-state index contributed by atoms with van der Waals surface area (Å²) in [5.41, 5.74) is 1.07. The minimum absolute atomic E-state index is 0.408. The second kappa shape index (κ2) is 6.25. The van der Waals surface area contributed by atoms with Crippen LogP contribution in [0.2, 0.25) is 5.02 Å². The van der Waals surface area contributed by atoms with Gasteiger partial charge in [0.25, 0.3) is 0 Å². The van der Waals surface area contributed by atoms with E-state index in [-0.39, 0.29) is 0 Å². The molecule has 0 aliphatic carbocycles. The second-order valence-corrected chi connectivity index (χ2v) is 4.33. The van der Waals surface area contributed by atoms with Crippen LogP contribution in [0.15, 0.2) is 36.5 Å². The number of nitrogens with one attached hydrogen (secondary N) is 1. The third kappa shape index (κ3) is 3.19. The van der Waals surface area contributed by atoms with Gasteiger partial charge in [-0.2, -0.15) is 0 Å². The van der Waals surface area contributed by atoms with Crippen LogP contribution in [0.25, 0.3) is 0 Å². The number of anilines is 2. The maximum atomic E-state index is 11.5. The van der Waals surface area contributed by atoms with Gasteiger partial charge in [0.15, 0.2) is 0 Å². The molecule has 0 aliphatic rings. The molecule has 0 fully saturated rings. The first kappa shape index (κ1) is 14.1. The number of esters is 1. The molecule has 0 spiro atoms. The van der Waals surface area contributed by atoms with Crippen molar-refractivity contribution in [2.45, 2.75) is 0 Å². The fourth-order valence-corrected chi connectivity index (χ4v) is 1.83. The average Bonchev–Trinajstić information content (AvgIpc) is 2.47. The Morgan fingerprint density at radius 2 is 2.05 bits per heavy atom. The van der Waals surface area contributed by atoms with Crippen LogP contribution in [0.5, 0.6) is 5.75 Å². The van der Waals surface area contributed by atoms with Crippen LogP contribution in [0, 0.1) is 0 Å². The minimum Gasteiger partial charge on any atom is -0.495 e. The monoisotopic (exact) mass is 292 g/mol. The first-order valence-corrected chi connectivity index (χ1v) is 6.17. The molecule has 0 saturated carbocycles. The van der Waals surface area contributed by atoms with E-state index in [4.69, 9.17) is 16.3 Å². The number of carbonyl (C=O) groups is 1. The molecule has 0 amide bonds. The Kier molecular flexibility index (Phi) is 4.42. The highest BCUT2D eigenvalue weighted by atomic mass is 35.5. The third-order valence-electron chi connectivity index (χ3n) is 2.61. The molecule has 0 unspecified atom stereocenters. The molecular weight excluding hydrogens is 280 g/mol. The Bertz CT molecular complexity index is 632. The fourth-order valence-electron chi connectivity index (χ4n) is 1.66.